The first-order chi connectivity index (χ1) is 13.6. The number of carbonyl (C=O) groups excluding carboxylic acids is 1. The Hall–Kier alpha value is -4.05. The molecule has 2 heterocycles. The Kier molecular flexibility index (Phi) is 4.30. The number of nitro benzene ring substituents is 1. The number of pyridine rings is 1. The van der Waals surface area contributed by atoms with Gasteiger partial charge in [-0.15, -0.1) is 0 Å². The lowest BCUT2D eigenvalue weighted by atomic mass is 9.99. The van der Waals surface area contributed by atoms with Crippen molar-refractivity contribution in [2.75, 3.05) is 11.4 Å². The number of aromatic nitrogens is 1. The number of carbonyl (C=O) groups is 1. The number of nitriles is 1. The molecule has 4 rings (SSSR count). The van der Waals surface area contributed by atoms with Gasteiger partial charge in [0.2, 0.25) is 0 Å². The Balaban J connectivity index is 1.67. The van der Waals surface area contributed by atoms with Gasteiger partial charge in [-0.05, 0) is 41.8 Å². The Morgan fingerprint density at radius 2 is 1.82 bits per heavy atom. The van der Waals surface area contributed by atoms with Crippen LogP contribution in [-0.2, 0) is 6.42 Å². The highest BCUT2D eigenvalue weighted by molar-refractivity contribution is 6.07. The van der Waals surface area contributed by atoms with Gasteiger partial charge in [0.15, 0.2) is 0 Å². The van der Waals surface area contributed by atoms with Gasteiger partial charge in [0, 0.05) is 36.0 Å². The van der Waals surface area contributed by atoms with Gasteiger partial charge in [-0.25, -0.2) is 0 Å². The van der Waals surface area contributed by atoms with Crippen molar-refractivity contribution in [3.05, 3.63) is 87.7 Å². The van der Waals surface area contributed by atoms with Crippen molar-refractivity contribution >= 4 is 17.3 Å². The standard InChI is InChI=1S/C21H14N4O3/c22-11-14-1-3-15(4-2-14)19-12-23-13-20-18(19)9-10-24(20)21(26)16-5-7-17(8-6-16)25(27)28/h1-8,12-13H,9-10H2. The van der Waals surface area contributed by atoms with Gasteiger partial charge < -0.3 is 4.90 Å². The lowest BCUT2D eigenvalue weighted by Gasteiger charge is -2.17. The van der Waals surface area contributed by atoms with E-state index in [1.807, 2.05) is 12.1 Å². The Morgan fingerprint density at radius 3 is 2.46 bits per heavy atom. The number of non-ortho nitro benzene ring substituents is 1. The minimum absolute atomic E-state index is 0.0526. The summed E-state index contributed by atoms with van der Waals surface area (Å²) in [6.07, 6.45) is 4.12. The molecule has 0 saturated heterocycles. The molecular weight excluding hydrogens is 356 g/mol. The molecule has 0 saturated carbocycles. The highest BCUT2D eigenvalue weighted by Crippen LogP contribution is 2.36. The van der Waals surface area contributed by atoms with Crippen molar-refractivity contribution in [3.63, 3.8) is 0 Å². The maximum atomic E-state index is 12.9. The third kappa shape index (κ3) is 2.97. The van der Waals surface area contributed by atoms with Crippen LogP contribution in [0.2, 0.25) is 0 Å². The number of hydrogen-bond donors (Lipinski definition) is 0. The summed E-state index contributed by atoms with van der Waals surface area (Å²) in [5.41, 5.74) is 4.55. The first-order valence-corrected chi connectivity index (χ1v) is 8.62. The van der Waals surface area contributed by atoms with Gasteiger partial charge in [0.1, 0.15) is 0 Å². The average molecular weight is 370 g/mol. The quantitative estimate of drug-likeness (QED) is 0.516. The molecule has 0 unspecified atom stereocenters. The second-order valence-corrected chi connectivity index (χ2v) is 6.38. The molecule has 7 nitrogen and oxygen atoms in total. The van der Waals surface area contributed by atoms with Crippen molar-refractivity contribution in [1.82, 2.24) is 4.98 Å². The van der Waals surface area contributed by atoms with Crippen LogP contribution in [0.25, 0.3) is 11.1 Å². The molecule has 0 atom stereocenters. The van der Waals surface area contributed by atoms with E-state index in [9.17, 15) is 14.9 Å². The zero-order chi connectivity index (χ0) is 19.7. The van der Waals surface area contributed by atoms with Crippen molar-refractivity contribution < 1.29 is 9.72 Å². The molecule has 2 aromatic carbocycles. The zero-order valence-electron chi connectivity index (χ0n) is 14.7. The molecule has 0 radical (unpaired) electrons. The van der Waals surface area contributed by atoms with E-state index in [0.717, 1.165) is 22.4 Å². The fraction of sp³-hybridized carbons (Fsp3) is 0.0952. The van der Waals surface area contributed by atoms with E-state index in [1.165, 1.54) is 24.3 Å². The van der Waals surface area contributed by atoms with Gasteiger partial charge >= 0.3 is 0 Å². The lowest BCUT2D eigenvalue weighted by Crippen LogP contribution is -2.28. The van der Waals surface area contributed by atoms with Crippen LogP contribution >= 0.6 is 0 Å². The van der Waals surface area contributed by atoms with Crippen molar-refractivity contribution in [3.8, 4) is 17.2 Å². The molecule has 136 valence electrons. The van der Waals surface area contributed by atoms with Gasteiger partial charge in [-0.2, -0.15) is 5.26 Å². The molecule has 0 aliphatic carbocycles. The molecule has 1 aromatic heterocycles. The summed E-state index contributed by atoms with van der Waals surface area (Å²) < 4.78 is 0. The Morgan fingerprint density at radius 1 is 1.11 bits per heavy atom. The summed E-state index contributed by atoms with van der Waals surface area (Å²) in [5.74, 6) is -0.215. The molecule has 0 bridgehead atoms. The Bertz CT molecular complexity index is 1120. The van der Waals surface area contributed by atoms with E-state index in [-0.39, 0.29) is 11.6 Å². The van der Waals surface area contributed by atoms with E-state index >= 15 is 0 Å². The number of amides is 1. The van der Waals surface area contributed by atoms with Crippen molar-refractivity contribution in [2.24, 2.45) is 0 Å². The highest BCUT2D eigenvalue weighted by atomic mass is 16.6. The second kappa shape index (κ2) is 6.93. The number of benzene rings is 2. The molecule has 3 aromatic rings. The molecule has 7 heteroatoms. The maximum absolute atomic E-state index is 12.9. The zero-order valence-corrected chi connectivity index (χ0v) is 14.7. The van der Waals surface area contributed by atoms with Crippen LogP contribution in [0.5, 0.6) is 0 Å². The van der Waals surface area contributed by atoms with Gasteiger partial charge in [0.25, 0.3) is 11.6 Å². The van der Waals surface area contributed by atoms with E-state index in [4.69, 9.17) is 5.26 Å². The molecule has 1 aliphatic heterocycles. The highest BCUT2D eigenvalue weighted by Gasteiger charge is 2.28. The minimum atomic E-state index is -0.493. The van der Waals surface area contributed by atoms with Crippen LogP contribution in [0.3, 0.4) is 0 Å². The van der Waals surface area contributed by atoms with Crippen molar-refractivity contribution in [2.45, 2.75) is 6.42 Å². The molecule has 0 spiro atoms. The number of anilines is 1. The predicted molar refractivity (Wildman–Crippen MR) is 103 cm³/mol. The number of rotatable bonds is 3. The van der Waals surface area contributed by atoms with Crippen LogP contribution in [0.1, 0.15) is 21.5 Å². The topological polar surface area (TPSA) is 100 Å². The van der Waals surface area contributed by atoms with Crippen LogP contribution in [0.15, 0.2) is 60.9 Å². The minimum Gasteiger partial charge on any atom is -0.306 e. The van der Waals surface area contributed by atoms with Gasteiger partial charge in [-0.1, -0.05) is 12.1 Å². The first kappa shape index (κ1) is 17.4. The van der Waals surface area contributed by atoms with E-state index in [2.05, 4.69) is 11.1 Å². The summed E-state index contributed by atoms with van der Waals surface area (Å²) in [7, 11) is 0. The normalized spacial score (nSPS) is 12.3. The molecule has 28 heavy (non-hydrogen) atoms. The largest absolute Gasteiger partial charge is 0.306 e. The van der Waals surface area contributed by atoms with Crippen LogP contribution in [0, 0.1) is 21.4 Å². The van der Waals surface area contributed by atoms with Gasteiger partial charge in [0.05, 0.1) is 28.4 Å². The summed E-state index contributed by atoms with van der Waals surface area (Å²) in [6, 6.07) is 14.9. The average Bonchev–Trinajstić information content (AvgIpc) is 3.17. The van der Waals surface area contributed by atoms with E-state index < -0.39 is 4.92 Å². The number of nitrogens with zero attached hydrogens (tertiary/aromatic N) is 4. The Labute approximate surface area is 160 Å². The number of fused-ring (bicyclic) bond motifs is 1. The molecule has 1 aliphatic rings. The maximum Gasteiger partial charge on any atom is 0.269 e. The monoisotopic (exact) mass is 370 g/mol. The third-order valence-electron chi connectivity index (χ3n) is 4.81. The molecular formula is C21H14N4O3. The molecule has 0 fully saturated rings. The summed E-state index contributed by atoms with van der Waals surface area (Å²) in [6.45, 7) is 0.514. The second-order valence-electron chi connectivity index (χ2n) is 6.38. The van der Waals surface area contributed by atoms with Crippen LogP contribution < -0.4 is 4.90 Å². The predicted octanol–water partition coefficient (Wildman–Crippen LogP) is 3.73. The van der Waals surface area contributed by atoms with Crippen LogP contribution in [-0.4, -0.2) is 22.4 Å². The van der Waals surface area contributed by atoms with Gasteiger partial charge in [-0.3, -0.25) is 19.9 Å². The van der Waals surface area contributed by atoms with Crippen LogP contribution in [0.4, 0.5) is 11.4 Å². The lowest BCUT2D eigenvalue weighted by molar-refractivity contribution is -0.384. The summed E-state index contributed by atoms with van der Waals surface area (Å²) in [4.78, 5) is 29.2. The molecule has 0 N–H and O–H groups in total. The SMILES string of the molecule is N#Cc1ccc(-c2cncc3c2CCN3C(=O)c2ccc([N+](=O)[O-])cc2)cc1. The smallest absolute Gasteiger partial charge is 0.269 e. The number of hydrogen-bond acceptors (Lipinski definition) is 5. The van der Waals surface area contributed by atoms with Crippen molar-refractivity contribution in [1.29, 1.82) is 5.26 Å². The van der Waals surface area contributed by atoms with E-state index in [0.29, 0.717) is 24.1 Å². The fourth-order valence-corrected chi connectivity index (χ4v) is 3.38. The van der Waals surface area contributed by atoms with E-state index in [1.54, 1.807) is 29.4 Å². The fourth-order valence-electron chi connectivity index (χ4n) is 3.38. The summed E-state index contributed by atoms with van der Waals surface area (Å²) in [5, 5.41) is 19.8. The number of nitro groups is 1. The summed E-state index contributed by atoms with van der Waals surface area (Å²) >= 11 is 0. The third-order valence-corrected chi connectivity index (χ3v) is 4.81. The first-order valence-electron chi connectivity index (χ1n) is 8.62. The molecule has 1 amide bonds.